The zero-order valence-electron chi connectivity index (χ0n) is 11.7. The van der Waals surface area contributed by atoms with Gasteiger partial charge in [0.25, 0.3) is 0 Å². The Morgan fingerprint density at radius 3 is 3.05 bits per heavy atom. The number of carbonyl (C=O) groups is 1. The van der Waals surface area contributed by atoms with E-state index in [-0.39, 0.29) is 11.9 Å². The number of hydrogen-bond donors (Lipinski definition) is 1. The first-order valence-electron chi connectivity index (χ1n) is 7.01. The molecule has 0 aromatic carbocycles. The van der Waals surface area contributed by atoms with Crippen molar-refractivity contribution in [3.63, 3.8) is 0 Å². The summed E-state index contributed by atoms with van der Waals surface area (Å²) < 4.78 is 5.56. The number of ketones is 1. The van der Waals surface area contributed by atoms with Crippen molar-refractivity contribution in [2.24, 2.45) is 5.92 Å². The molecule has 2 heterocycles. The van der Waals surface area contributed by atoms with Gasteiger partial charge in [-0.25, -0.2) is 0 Å². The molecule has 4 nitrogen and oxygen atoms in total. The van der Waals surface area contributed by atoms with Gasteiger partial charge in [0, 0.05) is 18.2 Å². The normalized spacial score (nSPS) is 18.8. The number of nitrogens with one attached hydrogen (secondary N) is 1. The Labute approximate surface area is 114 Å². The van der Waals surface area contributed by atoms with Crippen LogP contribution in [0.25, 0.3) is 0 Å². The lowest BCUT2D eigenvalue weighted by atomic mass is 9.99. The molecule has 0 spiro atoms. The van der Waals surface area contributed by atoms with Crippen molar-refractivity contribution in [2.45, 2.75) is 39.2 Å². The van der Waals surface area contributed by atoms with Crippen LogP contribution in [0.4, 0.5) is 0 Å². The molecule has 104 valence electrons. The van der Waals surface area contributed by atoms with Gasteiger partial charge in [-0.05, 0) is 51.8 Å². The number of ether oxygens (including phenoxy) is 1. The number of aromatic nitrogens is 1. The van der Waals surface area contributed by atoms with E-state index in [1.165, 1.54) is 6.42 Å². The van der Waals surface area contributed by atoms with E-state index in [0.717, 1.165) is 19.5 Å². The molecular formula is C15H22N2O2. The number of carbonyl (C=O) groups excluding carboxylic acids is 1. The second kappa shape index (κ2) is 6.66. The van der Waals surface area contributed by atoms with Gasteiger partial charge in [-0.2, -0.15) is 0 Å². The van der Waals surface area contributed by atoms with Gasteiger partial charge >= 0.3 is 0 Å². The minimum absolute atomic E-state index is 0.0942. The predicted octanol–water partition coefficient (Wildman–Crippen LogP) is 2.44. The SMILES string of the molecule is CC(C)Oc1cncc(C(=O)CCC2CCNC2)c1. The summed E-state index contributed by atoms with van der Waals surface area (Å²) in [6, 6.07) is 1.79. The van der Waals surface area contributed by atoms with Gasteiger partial charge in [0.15, 0.2) is 5.78 Å². The molecule has 0 bridgehead atoms. The Kier molecular flexibility index (Phi) is 4.91. The first-order chi connectivity index (χ1) is 9.15. The largest absolute Gasteiger partial charge is 0.489 e. The molecule has 19 heavy (non-hydrogen) atoms. The molecule has 1 aromatic rings. The lowest BCUT2D eigenvalue weighted by molar-refractivity contribution is 0.0973. The van der Waals surface area contributed by atoms with Crippen LogP contribution in [0.3, 0.4) is 0 Å². The van der Waals surface area contributed by atoms with Gasteiger partial charge in [0.2, 0.25) is 0 Å². The highest BCUT2D eigenvalue weighted by molar-refractivity contribution is 5.96. The lowest BCUT2D eigenvalue weighted by Gasteiger charge is -2.10. The Morgan fingerprint density at radius 1 is 1.53 bits per heavy atom. The van der Waals surface area contributed by atoms with Crippen molar-refractivity contribution in [3.05, 3.63) is 24.0 Å². The standard InChI is InChI=1S/C15H22N2O2/c1-11(2)19-14-7-13(9-17-10-14)15(18)4-3-12-5-6-16-8-12/h7,9-12,16H,3-6,8H2,1-2H3. The van der Waals surface area contributed by atoms with Crippen LogP contribution >= 0.6 is 0 Å². The zero-order chi connectivity index (χ0) is 13.7. The predicted molar refractivity (Wildman–Crippen MR) is 74.5 cm³/mol. The Bertz CT molecular complexity index is 426. The van der Waals surface area contributed by atoms with E-state index < -0.39 is 0 Å². The van der Waals surface area contributed by atoms with Crippen LogP contribution in [0, 0.1) is 5.92 Å². The maximum Gasteiger partial charge on any atom is 0.164 e. The molecule has 1 N–H and O–H groups in total. The molecule has 4 heteroatoms. The second-order valence-electron chi connectivity index (χ2n) is 5.40. The molecule has 0 amide bonds. The zero-order valence-corrected chi connectivity index (χ0v) is 11.7. The Hall–Kier alpha value is -1.42. The second-order valence-corrected chi connectivity index (χ2v) is 5.40. The van der Waals surface area contributed by atoms with Crippen LogP contribution in [0.1, 0.15) is 43.5 Å². The minimum Gasteiger partial charge on any atom is -0.489 e. The fourth-order valence-corrected chi connectivity index (χ4v) is 2.35. The molecule has 0 saturated carbocycles. The van der Waals surface area contributed by atoms with E-state index in [4.69, 9.17) is 4.74 Å². The number of nitrogens with zero attached hydrogens (tertiary/aromatic N) is 1. The van der Waals surface area contributed by atoms with Crippen LogP contribution in [-0.2, 0) is 0 Å². The summed E-state index contributed by atoms with van der Waals surface area (Å²) in [7, 11) is 0. The number of Topliss-reactive ketones (excluding diaryl/α,β-unsaturated/α-hetero) is 1. The van der Waals surface area contributed by atoms with E-state index in [0.29, 0.717) is 23.7 Å². The molecule has 1 unspecified atom stereocenters. The molecular weight excluding hydrogens is 240 g/mol. The fourth-order valence-electron chi connectivity index (χ4n) is 2.35. The van der Waals surface area contributed by atoms with E-state index in [9.17, 15) is 4.79 Å². The quantitative estimate of drug-likeness (QED) is 0.800. The number of hydrogen-bond acceptors (Lipinski definition) is 4. The van der Waals surface area contributed by atoms with Crippen molar-refractivity contribution in [2.75, 3.05) is 13.1 Å². The third kappa shape index (κ3) is 4.31. The monoisotopic (exact) mass is 262 g/mol. The van der Waals surface area contributed by atoms with Crippen LogP contribution in [0.15, 0.2) is 18.5 Å². The average Bonchev–Trinajstić information content (AvgIpc) is 2.88. The summed E-state index contributed by atoms with van der Waals surface area (Å²) in [5.74, 6) is 1.48. The summed E-state index contributed by atoms with van der Waals surface area (Å²) in [6.45, 7) is 6.04. The van der Waals surface area contributed by atoms with Gasteiger partial charge in [0.05, 0.1) is 12.3 Å². The molecule has 1 aromatic heterocycles. The van der Waals surface area contributed by atoms with Crippen molar-refractivity contribution < 1.29 is 9.53 Å². The van der Waals surface area contributed by atoms with Gasteiger partial charge in [0.1, 0.15) is 5.75 Å². The summed E-state index contributed by atoms with van der Waals surface area (Å²) in [5, 5.41) is 3.32. The lowest BCUT2D eigenvalue weighted by Crippen LogP contribution is -2.11. The third-order valence-electron chi connectivity index (χ3n) is 3.35. The van der Waals surface area contributed by atoms with Crippen molar-refractivity contribution in [3.8, 4) is 5.75 Å². The van der Waals surface area contributed by atoms with Gasteiger partial charge in [-0.3, -0.25) is 9.78 Å². The molecule has 1 aliphatic rings. The Morgan fingerprint density at radius 2 is 2.37 bits per heavy atom. The van der Waals surface area contributed by atoms with Crippen LogP contribution in [0.5, 0.6) is 5.75 Å². The van der Waals surface area contributed by atoms with E-state index in [2.05, 4.69) is 10.3 Å². The van der Waals surface area contributed by atoms with Gasteiger partial charge < -0.3 is 10.1 Å². The van der Waals surface area contributed by atoms with E-state index >= 15 is 0 Å². The van der Waals surface area contributed by atoms with Crippen molar-refractivity contribution in [1.29, 1.82) is 0 Å². The summed E-state index contributed by atoms with van der Waals surface area (Å²) in [5.41, 5.74) is 0.657. The topological polar surface area (TPSA) is 51.2 Å². The molecule has 0 aliphatic carbocycles. The number of pyridine rings is 1. The minimum atomic E-state index is 0.0942. The molecule has 1 fully saturated rings. The summed E-state index contributed by atoms with van der Waals surface area (Å²) >= 11 is 0. The Balaban J connectivity index is 1.90. The number of rotatable bonds is 6. The van der Waals surface area contributed by atoms with Crippen LogP contribution < -0.4 is 10.1 Å². The third-order valence-corrected chi connectivity index (χ3v) is 3.35. The summed E-state index contributed by atoms with van der Waals surface area (Å²) in [4.78, 5) is 16.2. The molecule has 1 saturated heterocycles. The first kappa shape index (κ1) is 14.0. The molecule has 1 aliphatic heterocycles. The van der Waals surface area contributed by atoms with E-state index in [1.54, 1.807) is 18.5 Å². The molecule has 0 radical (unpaired) electrons. The van der Waals surface area contributed by atoms with Crippen molar-refractivity contribution >= 4 is 5.78 Å². The average molecular weight is 262 g/mol. The molecule has 1 atom stereocenters. The summed E-state index contributed by atoms with van der Waals surface area (Å²) in [6.07, 6.45) is 6.11. The van der Waals surface area contributed by atoms with Gasteiger partial charge in [-0.1, -0.05) is 0 Å². The fraction of sp³-hybridized carbons (Fsp3) is 0.600. The maximum absolute atomic E-state index is 12.1. The highest BCUT2D eigenvalue weighted by Crippen LogP contribution is 2.18. The highest BCUT2D eigenvalue weighted by Gasteiger charge is 2.16. The highest BCUT2D eigenvalue weighted by atomic mass is 16.5. The van der Waals surface area contributed by atoms with Crippen molar-refractivity contribution in [1.82, 2.24) is 10.3 Å². The smallest absolute Gasteiger partial charge is 0.164 e. The van der Waals surface area contributed by atoms with Gasteiger partial charge in [-0.15, -0.1) is 0 Å². The van der Waals surface area contributed by atoms with Crippen LogP contribution in [0.2, 0.25) is 0 Å². The van der Waals surface area contributed by atoms with E-state index in [1.807, 2.05) is 13.8 Å². The first-order valence-corrected chi connectivity index (χ1v) is 7.01. The molecule has 2 rings (SSSR count). The van der Waals surface area contributed by atoms with Crippen LogP contribution in [-0.4, -0.2) is 30.0 Å². The maximum atomic E-state index is 12.1.